The summed E-state index contributed by atoms with van der Waals surface area (Å²) in [4.78, 5) is 22.7. The largest absolute Gasteiger partial charge is 0.345 e. The standard InChI is InChI=1S/C20H33N3O3/c1-17(20(25)23-26)22-19(24)13-9-4-2-3-5-10-15-21-16-14-18-11-7-6-8-12-18/h6-8,11-12,17,21,26H,2-5,9-10,13-16H2,1H3,(H,22,24)(H,23,25). The van der Waals surface area contributed by atoms with Crippen molar-refractivity contribution in [1.29, 1.82) is 0 Å². The maximum absolute atomic E-state index is 11.6. The average Bonchev–Trinajstić information content (AvgIpc) is 2.66. The third kappa shape index (κ3) is 10.8. The van der Waals surface area contributed by atoms with Gasteiger partial charge in [0.25, 0.3) is 5.91 Å². The van der Waals surface area contributed by atoms with Crippen molar-refractivity contribution >= 4 is 11.8 Å². The van der Waals surface area contributed by atoms with Crippen LogP contribution in [0.2, 0.25) is 0 Å². The third-order valence-corrected chi connectivity index (χ3v) is 4.32. The van der Waals surface area contributed by atoms with Crippen LogP contribution in [-0.2, 0) is 16.0 Å². The molecule has 146 valence electrons. The van der Waals surface area contributed by atoms with Gasteiger partial charge in [-0.05, 0) is 44.8 Å². The van der Waals surface area contributed by atoms with E-state index in [2.05, 4.69) is 34.9 Å². The zero-order valence-corrected chi connectivity index (χ0v) is 15.8. The number of amides is 2. The van der Waals surface area contributed by atoms with Crippen LogP contribution >= 0.6 is 0 Å². The van der Waals surface area contributed by atoms with E-state index >= 15 is 0 Å². The van der Waals surface area contributed by atoms with E-state index in [1.54, 1.807) is 0 Å². The Morgan fingerprint density at radius 2 is 1.62 bits per heavy atom. The molecule has 0 heterocycles. The summed E-state index contributed by atoms with van der Waals surface area (Å²) in [5.41, 5.74) is 2.90. The van der Waals surface area contributed by atoms with Gasteiger partial charge in [-0.3, -0.25) is 14.8 Å². The Bertz CT molecular complexity index is 508. The SMILES string of the molecule is CC(NC(=O)CCCCCCCCNCCc1ccccc1)C(=O)NO. The van der Waals surface area contributed by atoms with Crippen LogP contribution in [0.4, 0.5) is 0 Å². The van der Waals surface area contributed by atoms with Crippen LogP contribution in [0.1, 0.15) is 57.4 Å². The molecule has 0 aliphatic rings. The minimum atomic E-state index is -0.707. The fourth-order valence-electron chi connectivity index (χ4n) is 2.72. The van der Waals surface area contributed by atoms with Crippen LogP contribution in [-0.4, -0.2) is 36.2 Å². The maximum atomic E-state index is 11.6. The van der Waals surface area contributed by atoms with Gasteiger partial charge in [0.15, 0.2) is 0 Å². The number of carbonyl (C=O) groups excluding carboxylic acids is 2. The highest BCUT2D eigenvalue weighted by atomic mass is 16.5. The molecular formula is C20H33N3O3. The van der Waals surface area contributed by atoms with Crippen LogP contribution in [0.3, 0.4) is 0 Å². The number of benzene rings is 1. The number of hydrogen-bond donors (Lipinski definition) is 4. The summed E-state index contributed by atoms with van der Waals surface area (Å²) in [6.45, 7) is 3.61. The normalized spacial score (nSPS) is 11.8. The fourth-order valence-corrected chi connectivity index (χ4v) is 2.72. The molecule has 1 atom stereocenters. The second-order valence-electron chi connectivity index (χ2n) is 6.62. The van der Waals surface area contributed by atoms with E-state index in [0.717, 1.165) is 38.8 Å². The summed E-state index contributed by atoms with van der Waals surface area (Å²) < 4.78 is 0. The Kier molecular flexibility index (Phi) is 12.1. The topological polar surface area (TPSA) is 90.5 Å². The lowest BCUT2D eigenvalue weighted by molar-refractivity contribution is -0.134. The molecule has 0 saturated heterocycles. The summed E-state index contributed by atoms with van der Waals surface area (Å²) in [6, 6.07) is 9.80. The molecular weight excluding hydrogens is 330 g/mol. The summed E-state index contributed by atoms with van der Waals surface area (Å²) in [6.07, 6.45) is 8.05. The van der Waals surface area contributed by atoms with Crippen molar-refractivity contribution < 1.29 is 14.8 Å². The fraction of sp³-hybridized carbons (Fsp3) is 0.600. The Morgan fingerprint density at radius 1 is 0.962 bits per heavy atom. The van der Waals surface area contributed by atoms with E-state index in [1.165, 1.54) is 37.2 Å². The van der Waals surface area contributed by atoms with Gasteiger partial charge in [-0.15, -0.1) is 0 Å². The molecule has 6 nitrogen and oxygen atoms in total. The second kappa shape index (κ2) is 14.3. The van der Waals surface area contributed by atoms with Crippen LogP contribution in [0, 0.1) is 0 Å². The molecule has 0 fully saturated rings. The van der Waals surface area contributed by atoms with Crippen molar-refractivity contribution in [3.8, 4) is 0 Å². The van der Waals surface area contributed by atoms with Crippen molar-refractivity contribution in [3.05, 3.63) is 35.9 Å². The molecule has 0 spiro atoms. The number of nitrogens with one attached hydrogen (secondary N) is 3. The van der Waals surface area contributed by atoms with Crippen molar-refractivity contribution in [3.63, 3.8) is 0 Å². The van der Waals surface area contributed by atoms with Gasteiger partial charge in [-0.1, -0.05) is 56.0 Å². The molecule has 4 N–H and O–H groups in total. The molecule has 26 heavy (non-hydrogen) atoms. The first-order valence-electron chi connectivity index (χ1n) is 9.61. The van der Waals surface area contributed by atoms with E-state index in [-0.39, 0.29) is 5.91 Å². The van der Waals surface area contributed by atoms with Crippen LogP contribution in [0.15, 0.2) is 30.3 Å². The zero-order valence-electron chi connectivity index (χ0n) is 15.8. The summed E-state index contributed by atoms with van der Waals surface area (Å²) >= 11 is 0. The summed E-state index contributed by atoms with van der Waals surface area (Å²) in [5, 5.41) is 14.5. The molecule has 6 heteroatoms. The van der Waals surface area contributed by atoms with Crippen LogP contribution in [0.5, 0.6) is 0 Å². The highest BCUT2D eigenvalue weighted by Gasteiger charge is 2.13. The lowest BCUT2D eigenvalue weighted by Gasteiger charge is -2.11. The summed E-state index contributed by atoms with van der Waals surface area (Å²) in [5.74, 6) is -0.751. The van der Waals surface area contributed by atoms with Gasteiger partial charge in [0.05, 0.1) is 0 Å². The molecule has 0 radical (unpaired) electrons. The lowest BCUT2D eigenvalue weighted by Crippen LogP contribution is -2.43. The van der Waals surface area contributed by atoms with Crippen molar-refractivity contribution in [1.82, 2.24) is 16.1 Å². The smallest absolute Gasteiger partial charge is 0.265 e. The van der Waals surface area contributed by atoms with Crippen molar-refractivity contribution in [2.45, 2.75) is 64.3 Å². The van der Waals surface area contributed by atoms with E-state index in [9.17, 15) is 9.59 Å². The van der Waals surface area contributed by atoms with Crippen molar-refractivity contribution in [2.24, 2.45) is 0 Å². The predicted octanol–water partition coefficient (Wildman–Crippen LogP) is 2.56. The van der Waals surface area contributed by atoms with Gasteiger partial charge in [0.2, 0.25) is 5.91 Å². The van der Waals surface area contributed by atoms with Crippen LogP contribution < -0.4 is 16.1 Å². The molecule has 2 amide bonds. The Morgan fingerprint density at radius 3 is 2.31 bits per heavy atom. The van der Waals surface area contributed by atoms with Gasteiger partial charge < -0.3 is 10.6 Å². The first kappa shape index (κ1) is 22.1. The quantitative estimate of drug-likeness (QED) is 0.232. The molecule has 0 bridgehead atoms. The van der Waals surface area contributed by atoms with E-state index < -0.39 is 11.9 Å². The lowest BCUT2D eigenvalue weighted by atomic mass is 10.1. The van der Waals surface area contributed by atoms with E-state index in [0.29, 0.717) is 6.42 Å². The van der Waals surface area contributed by atoms with Crippen LogP contribution in [0.25, 0.3) is 0 Å². The molecule has 1 aromatic carbocycles. The Hall–Kier alpha value is -1.92. The zero-order chi connectivity index (χ0) is 19.0. The number of unbranched alkanes of at least 4 members (excludes halogenated alkanes) is 5. The van der Waals surface area contributed by atoms with E-state index in [1.807, 2.05) is 6.07 Å². The second-order valence-corrected chi connectivity index (χ2v) is 6.62. The van der Waals surface area contributed by atoms with E-state index in [4.69, 9.17) is 5.21 Å². The number of carbonyl (C=O) groups is 2. The van der Waals surface area contributed by atoms with Crippen molar-refractivity contribution in [2.75, 3.05) is 13.1 Å². The monoisotopic (exact) mass is 363 g/mol. The summed E-state index contributed by atoms with van der Waals surface area (Å²) in [7, 11) is 0. The highest BCUT2D eigenvalue weighted by Crippen LogP contribution is 2.07. The minimum Gasteiger partial charge on any atom is -0.345 e. The maximum Gasteiger partial charge on any atom is 0.265 e. The van der Waals surface area contributed by atoms with Gasteiger partial charge in [-0.25, -0.2) is 5.48 Å². The Balaban J connectivity index is 1.86. The molecule has 1 unspecified atom stereocenters. The van der Waals surface area contributed by atoms with Gasteiger partial charge in [-0.2, -0.15) is 0 Å². The Labute approximate surface area is 156 Å². The molecule has 0 aromatic heterocycles. The molecule has 0 aliphatic carbocycles. The predicted molar refractivity (Wildman–Crippen MR) is 103 cm³/mol. The number of hydroxylamine groups is 1. The average molecular weight is 364 g/mol. The molecule has 1 aromatic rings. The minimum absolute atomic E-state index is 0.149. The van der Waals surface area contributed by atoms with Gasteiger partial charge in [0, 0.05) is 6.42 Å². The highest BCUT2D eigenvalue weighted by molar-refractivity contribution is 5.86. The number of rotatable bonds is 14. The first-order valence-corrected chi connectivity index (χ1v) is 9.61. The first-order chi connectivity index (χ1) is 12.6. The molecule has 0 saturated carbocycles. The van der Waals surface area contributed by atoms with Gasteiger partial charge in [0.1, 0.15) is 6.04 Å². The third-order valence-electron chi connectivity index (χ3n) is 4.32. The molecule has 0 aliphatic heterocycles. The molecule has 1 rings (SSSR count). The van der Waals surface area contributed by atoms with Gasteiger partial charge >= 0.3 is 0 Å². The number of hydrogen-bond acceptors (Lipinski definition) is 4.